The van der Waals surface area contributed by atoms with E-state index in [-0.39, 0.29) is 23.6 Å². The molecule has 1 saturated heterocycles. The van der Waals surface area contributed by atoms with Crippen molar-refractivity contribution in [2.75, 3.05) is 20.2 Å². The maximum Gasteiger partial charge on any atom is 0.362 e. The molecule has 9 heteroatoms. The van der Waals surface area contributed by atoms with E-state index in [0.29, 0.717) is 12.5 Å². The molecule has 2 heterocycles. The topological polar surface area (TPSA) is 107 Å². The van der Waals surface area contributed by atoms with Crippen molar-refractivity contribution in [1.82, 2.24) is 19.9 Å². The number of amides is 1. The van der Waals surface area contributed by atoms with Gasteiger partial charge in [0, 0.05) is 18.7 Å². The fraction of sp³-hybridized carbons (Fsp3) is 0.448. The minimum Gasteiger partial charge on any atom is -0.497 e. The Labute approximate surface area is 222 Å². The van der Waals surface area contributed by atoms with E-state index in [1.54, 1.807) is 7.11 Å². The third-order valence-corrected chi connectivity index (χ3v) is 7.61. The highest BCUT2D eigenvalue weighted by atomic mass is 16.5. The van der Waals surface area contributed by atoms with Crippen molar-refractivity contribution in [2.45, 2.75) is 63.5 Å². The second-order valence-corrected chi connectivity index (χ2v) is 10.1. The molecule has 2 fully saturated rings. The van der Waals surface area contributed by atoms with E-state index in [2.05, 4.69) is 22.4 Å². The molecule has 2 aliphatic rings. The molecule has 0 bridgehead atoms. The van der Waals surface area contributed by atoms with Crippen LogP contribution in [0.2, 0.25) is 0 Å². The number of methoxy groups -OCH3 is 1. The van der Waals surface area contributed by atoms with Gasteiger partial charge in [-0.15, -0.1) is 5.10 Å². The quantitative estimate of drug-likeness (QED) is 0.458. The van der Waals surface area contributed by atoms with Crippen LogP contribution in [-0.2, 0) is 6.54 Å². The molecule has 1 amide bonds. The molecule has 1 aliphatic heterocycles. The van der Waals surface area contributed by atoms with Gasteiger partial charge >= 0.3 is 5.97 Å². The number of carboxylic acids is 1. The summed E-state index contributed by atoms with van der Waals surface area (Å²) in [5.74, 6) is 0.291. The smallest absolute Gasteiger partial charge is 0.362 e. The maximum atomic E-state index is 12.8. The first kappa shape index (κ1) is 25.8. The van der Waals surface area contributed by atoms with Crippen LogP contribution in [0.3, 0.4) is 0 Å². The molecule has 5 rings (SSSR count). The molecule has 1 N–H and O–H groups in total. The third-order valence-electron chi connectivity index (χ3n) is 7.61. The normalized spacial score (nSPS) is 19.7. The monoisotopic (exact) mass is 518 g/mol. The number of carbonyl (C=O) groups excluding carboxylic acids is 1. The minimum absolute atomic E-state index is 0.114. The molecular formula is C29H34N4O5. The molecule has 1 aromatic heterocycles. The largest absolute Gasteiger partial charge is 0.497 e. The van der Waals surface area contributed by atoms with Gasteiger partial charge in [0.25, 0.3) is 5.91 Å². The van der Waals surface area contributed by atoms with Crippen molar-refractivity contribution in [1.29, 1.82) is 0 Å². The Morgan fingerprint density at radius 2 is 1.63 bits per heavy atom. The summed E-state index contributed by atoms with van der Waals surface area (Å²) >= 11 is 0. The van der Waals surface area contributed by atoms with Crippen molar-refractivity contribution >= 4 is 11.9 Å². The zero-order valence-electron chi connectivity index (χ0n) is 21.7. The van der Waals surface area contributed by atoms with Gasteiger partial charge in [-0.2, -0.15) is 0 Å². The lowest BCUT2D eigenvalue weighted by Crippen LogP contribution is -2.35. The standard InChI is InChI=1S/C29H34N4O5/c1-37-24-13-5-20(6-14-24)19-33-28(26(29(35)36)30-31-33)38-25-15-11-22(12-16-25)21-7-9-23(10-8-21)27(34)32-17-3-2-4-18-32/h5-10,13-14,22,25H,2-4,11-12,15-19H2,1H3,(H,35,36). The SMILES string of the molecule is COc1ccc(Cn2nnc(C(=O)O)c2OC2CCC(c3ccc(C(=O)N4CCCCC4)cc3)CC2)cc1. The number of nitrogens with zero attached hydrogens (tertiary/aromatic N) is 4. The van der Waals surface area contributed by atoms with Gasteiger partial charge in [-0.3, -0.25) is 4.79 Å². The molecule has 0 atom stereocenters. The molecule has 9 nitrogen and oxygen atoms in total. The van der Waals surface area contributed by atoms with Gasteiger partial charge in [-0.25, -0.2) is 9.48 Å². The molecule has 2 aromatic carbocycles. The average Bonchev–Trinajstić information content (AvgIpc) is 3.36. The summed E-state index contributed by atoms with van der Waals surface area (Å²) in [6.07, 6.45) is 6.70. The predicted molar refractivity (Wildman–Crippen MR) is 141 cm³/mol. The lowest BCUT2D eigenvalue weighted by atomic mass is 9.82. The number of hydrogen-bond donors (Lipinski definition) is 1. The van der Waals surface area contributed by atoms with Crippen molar-refractivity contribution in [3.63, 3.8) is 0 Å². The van der Waals surface area contributed by atoms with Gasteiger partial charge in [-0.1, -0.05) is 29.5 Å². The second kappa shape index (κ2) is 11.7. The van der Waals surface area contributed by atoms with E-state index >= 15 is 0 Å². The van der Waals surface area contributed by atoms with Crippen LogP contribution in [0.5, 0.6) is 11.6 Å². The lowest BCUT2D eigenvalue weighted by molar-refractivity contribution is 0.0674. The molecule has 38 heavy (non-hydrogen) atoms. The van der Waals surface area contributed by atoms with Crippen LogP contribution in [0.25, 0.3) is 0 Å². The van der Waals surface area contributed by atoms with E-state index in [4.69, 9.17) is 9.47 Å². The highest BCUT2D eigenvalue weighted by molar-refractivity contribution is 5.94. The van der Waals surface area contributed by atoms with Gasteiger partial charge < -0.3 is 19.5 Å². The van der Waals surface area contributed by atoms with Crippen molar-refractivity contribution in [3.8, 4) is 11.6 Å². The van der Waals surface area contributed by atoms with Crippen LogP contribution in [0.4, 0.5) is 0 Å². The molecule has 3 aromatic rings. The Hall–Kier alpha value is -3.88. The first-order chi connectivity index (χ1) is 18.5. The third kappa shape index (κ3) is 5.82. The summed E-state index contributed by atoms with van der Waals surface area (Å²) in [6, 6.07) is 15.6. The first-order valence-electron chi connectivity index (χ1n) is 13.4. The number of carboxylic acid groups (broad SMARTS) is 1. The van der Waals surface area contributed by atoms with Crippen LogP contribution >= 0.6 is 0 Å². The number of ether oxygens (including phenoxy) is 2. The van der Waals surface area contributed by atoms with E-state index in [9.17, 15) is 14.7 Å². The number of rotatable bonds is 8. The summed E-state index contributed by atoms with van der Waals surface area (Å²) in [4.78, 5) is 26.5. The summed E-state index contributed by atoms with van der Waals surface area (Å²) < 4.78 is 12.9. The summed E-state index contributed by atoms with van der Waals surface area (Å²) in [5, 5.41) is 17.6. The molecular weight excluding hydrogens is 484 g/mol. The summed E-state index contributed by atoms with van der Waals surface area (Å²) in [6.45, 7) is 2.04. The Kier molecular flexibility index (Phi) is 7.91. The van der Waals surface area contributed by atoms with Crippen molar-refractivity contribution in [2.24, 2.45) is 0 Å². The minimum atomic E-state index is -1.16. The Morgan fingerprint density at radius 1 is 0.947 bits per heavy atom. The lowest BCUT2D eigenvalue weighted by Gasteiger charge is -2.29. The van der Waals surface area contributed by atoms with Crippen LogP contribution < -0.4 is 9.47 Å². The average molecular weight is 519 g/mol. The number of aromatic carboxylic acids is 1. The second-order valence-electron chi connectivity index (χ2n) is 10.1. The fourth-order valence-corrected chi connectivity index (χ4v) is 5.41. The molecule has 1 aliphatic carbocycles. The van der Waals surface area contributed by atoms with E-state index in [1.165, 1.54) is 16.7 Å². The van der Waals surface area contributed by atoms with Crippen LogP contribution in [0.1, 0.15) is 82.8 Å². The summed E-state index contributed by atoms with van der Waals surface area (Å²) in [7, 11) is 1.61. The Morgan fingerprint density at radius 3 is 2.26 bits per heavy atom. The number of likely N-dealkylation sites (tertiary alicyclic amines) is 1. The molecule has 0 spiro atoms. The maximum absolute atomic E-state index is 12.8. The zero-order chi connectivity index (χ0) is 26.5. The highest BCUT2D eigenvalue weighted by Gasteiger charge is 2.28. The van der Waals surface area contributed by atoms with E-state index in [0.717, 1.165) is 68.5 Å². The van der Waals surface area contributed by atoms with Crippen LogP contribution in [-0.4, -0.2) is 63.2 Å². The van der Waals surface area contributed by atoms with Gasteiger partial charge in [0.15, 0.2) is 0 Å². The number of piperidine rings is 1. The first-order valence-corrected chi connectivity index (χ1v) is 13.4. The predicted octanol–water partition coefficient (Wildman–Crippen LogP) is 4.76. The number of carbonyl (C=O) groups is 2. The van der Waals surface area contributed by atoms with E-state index in [1.807, 2.05) is 41.3 Å². The molecule has 0 unspecified atom stereocenters. The van der Waals surface area contributed by atoms with Gasteiger partial charge in [-0.05, 0) is 86.3 Å². The van der Waals surface area contributed by atoms with Gasteiger partial charge in [0.05, 0.1) is 13.7 Å². The Bertz CT molecular complexity index is 1240. The van der Waals surface area contributed by atoms with Crippen LogP contribution in [0.15, 0.2) is 48.5 Å². The van der Waals surface area contributed by atoms with E-state index < -0.39 is 5.97 Å². The fourth-order valence-electron chi connectivity index (χ4n) is 5.41. The molecule has 200 valence electrons. The molecule has 0 radical (unpaired) electrons. The van der Waals surface area contributed by atoms with Crippen LogP contribution in [0, 0.1) is 0 Å². The van der Waals surface area contributed by atoms with Crippen molar-refractivity contribution < 1.29 is 24.2 Å². The Balaban J connectivity index is 1.20. The van der Waals surface area contributed by atoms with Gasteiger partial charge in [0.2, 0.25) is 11.6 Å². The summed E-state index contributed by atoms with van der Waals surface area (Å²) in [5.41, 5.74) is 2.75. The zero-order valence-corrected chi connectivity index (χ0v) is 21.7. The van der Waals surface area contributed by atoms with Crippen molar-refractivity contribution in [3.05, 3.63) is 70.9 Å². The number of hydrogen-bond acceptors (Lipinski definition) is 6. The number of aromatic nitrogens is 3. The van der Waals surface area contributed by atoms with Gasteiger partial charge in [0.1, 0.15) is 11.9 Å². The number of benzene rings is 2. The molecule has 1 saturated carbocycles. The highest BCUT2D eigenvalue weighted by Crippen LogP contribution is 2.35.